The molecule has 0 unspecified atom stereocenters. The lowest BCUT2D eigenvalue weighted by Crippen LogP contribution is -2.35. The molecule has 1 N–H and O–H groups in total. The molecule has 0 atom stereocenters. The molecule has 2 rings (SSSR count). The van der Waals surface area contributed by atoms with Gasteiger partial charge in [-0.05, 0) is 0 Å². The zero-order valence-electron chi connectivity index (χ0n) is 26.5. The predicted octanol–water partition coefficient (Wildman–Crippen LogP) is -1.84. The van der Waals surface area contributed by atoms with Gasteiger partial charge in [-0.2, -0.15) is 0 Å². The highest BCUT2D eigenvalue weighted by Gasteiger charge is 2.32. The van der Waals surface area contributed by atoms with Gasteiger partial charge in [0.15, 0.2) is 0 Å². The summed E-state index contributed by atoms with van der Waals surface area (Å²) in [5.74, 6) is -3.00. The number of imide groups is 2. The van der Waals surface area contributed by atoms with Crippen LogP contribution in [0.2, 0.25) is 0 Å². The quantitative estimate of drug-likeness (QED) is 0.0656. The van der Waals surface area contributed by atoms with Gasteiger partial charge in [0.2, 0.25) is 5.91 Å². The number of carbonyl (C=O) groups excluding carboxylic acids is 6. The van der Waals surface area contributed by atoms with E-state index in [9.17, 15) is 28.8 Å². The summed E-state index contributed by atoms with van der Waals surface area (Å²) in [6.45, 7) is 5.45. The van der Waals surface area contributed by atoms with E-state index in [0.717, 1.165) is 4.90 Å². The Hall–Kier alpha value is -3.36. The molecule has 0 radical (unpaired) electrons. The van der Waals surface area contributed by atoms with E-state index in [0.29, 0.717) is 97.5 Å². The van der Waals surface area contributed by atoms with E-state index < -0.39 is 36.2 Å². The molecule has 5 amide bonds. The van der Waals surface area contributed by atoms with Gasteiger partial charge in [0.1, 0.15) is 6.61 Å². The minimum Gasteiger partial charge on any atom is -0.377 e. The molecule has 2 heterocycles. The number of nitrogens with zero attached hydrogens (tertiary/aromatic N) is 2. The lowest BCUT2D eigenvalue weighted by molar-refractivity contribution is -0.200. The highest BCUT2D eigenvalue weighted by molar-refractivity contribution is 6.13. The van der Waals surface area contributed by atoms with Crippen molar-refractivity contribution in [1.29, 1.82) is 0 Å². The Labute approximate surface area is 272 Å². The fraction of sp³-hybridized carbons (Fsp3) is 0.724. The first-order chi connectivity index (χ1) is 22.9. The zero-order chi connectivity index (χ0) is 34.0. The Balaban J connectivity index is 1.19. The summed E-state index contributed by atoms with van der Waals surface area (Å²) in [5, 5.41) is 3.14. The van der Waals surface area contributed by atoms with Crippen molar-refractivity contribution in [1.82, 2.24) is 15.3 Å². The third-order valence-electron chi connectivity index (χ3n) is 6.05. The summed E-state index contributed by atoms with van der Waals surface area (Å²) in [7, 11) is 0. The van der Waals surface area contributed by atoms with Crippen LogP contribution in [0.25, 0.3) is 0 Å². The molecule has 18 heteroatoms. The van der Waals surface area contributed by atoms with Crippen LogP contribution in [0, 0.1) is 0 Å². The molecule has 0 aromatic carbocycles. The smallest absolute Gasteiger partial charge is 0.358 e. The maximum atomic E-state index is 11.8. The van der Waals surface area contributed by atoms with Gasteiger partial charge in [-0.3, -0.25) is 28.9 Å². The zero-order valence-corrected chi connectivity index (χ0v) is 26.5. The summed E-state index contributed by atoms with van der Waals surface area (Å²) in [4.78, 5) is 74.6. The first kappa shape index (κ1) is 39.8. The Kier molecular flexibility index (Phi) is 21.8. The molecule has 0 bridgehead atoms. The molecule has 47 heavy (non-hydrogen) atoms. The molecule has 2 aliphatic heterocycles. The van der Waals surface area contributed by atoms with Crippen molar-refractivity contribution < 1.29 is 71.5 Å². The van der Waals surface area contributed by atoms with Crippen LogP contribution in [0.3, 0.4) is 0 Å². The molecule has 1 saturated heterocycles. The van der Waals surface area contributed by atoms with Crippen LogP contribution in [0.1, 0.15) is 19.3 Å². The second kappa shape index (κ2) is 25.7. The Morgan fingerprint density at radius 1 is 0.574 bits per heavy atom. The van der Waals surface area contributed by atoms with Crippen molar-refractivity contribution in [2.75, 3.05) is 119 Å². The fourth-order valence-electron chi connectivity index (χ4n) is 3.70. The van der Waals surface area contributed by atoms with E-state index in [1.165, 1.54) is 12.2 Å². The Bertz CT molecular complexity index is 975. The Morgan fingerprint density at radius 3 is 1.38 bits per heavy atom. The first-order valence-electron chi connectivity index (χ1n) is 15.4. The van der Waals surface area contributed by atoms with E-state index in [-0.39, 0.29) is 44.9 Å². The van der Waals surface area contributed by atoms with Gasteiger partial charge in [0, 0.05) is 44.5 Å². The van der Waals surface area contributed by atoms with Gasteiger partial charge < -0.3 is 48.0 Å². The number of hydroxylamine groups is 2. The first-order valence-corrected chi connectivity index (χ1v) is 15.4. The number of nitrogens with one attached hydrogen (secondary N) is 1. The van der Waals surface area contributed by atoms with Crippen molar-refractivity contribution in [2.45, 2.75) is 19.3 Å². The van der Waals surface area contributed by atoms with Crippen LogP contribution in [-0.2, 0) is 71.5 Å². The maximum Gasteiger partial charge on any atom is 0.358 e. The fourth-order valence-corrected chi connectivity index (χ4v) is 3.70. The molecular formula is C29H45N3O15. The summed E-state index contributed by atoms with van der Waals surface area (Å²) >= 11 is 0. The minimum absolute atomic E-state index is 0.0334. The molecule has 0 aromatic heterocycles. The second-order valence-electron chi connectivity index (χ2n) is 9.65. The third-order valence-corrected chi connectivity index (χ3v) is 6.05. The van der Waals surface area contributed by atoms with Crippen molar-refractivity contribution in [3.8, 4) is 0 Å². The molecule has 2 aliphatic rings. The van der Waals surface area contributed by atoms with E-state index >= 15 is 0 Å². The van der Waals surface area contributed by atoms with Crippen LogP contribution < -0.4 is 5.32 Å². The van der Waals surface area contributed by atoms with Gasteiger partial charge in [-0.15, -0.1) is 5.06 Å². The lowest BCUT2D eigenvalue weighted by atomic mass is 10.3. The summed E-state index contributed by atoms with van der Waals surface area (Å²) in [5.41, 5.74) is 0. The largest absolute Gasteiger partial charge is 0.377 e. The summed E-state index contributed by atoms with van der Waals surface area (Å²) < 4.78 is 42.8. The van der Waals surface area contributed by atoms with Crippen molar-refractivity contribution in [3.05, 3.63) is 12.2 Å². The van der Waals surface area contributed by atoms with Crippen LogP contribution in [0.5, 0.6) is 0 Å². The van der Waals surface area contributed by atoms with Crippen LogP contribution in [-0.4, -0.2) is 164 Å². The third kappa shape index (κ3) is 19.2. The molecule has 0 aromatic rings. The van der Waals surface area contributed by atoms with Gasteiger partial charge in [0.25, 0.3) is 23.6 Å². The van der Waals surface area contributed by atoms with Gasteiger partial charge in [-0.25, -0.2) is 4.79 Å². The predicted molar refractivity (Wildman–Crippen MR) is 157 cm³/mol. The van der Waals surface area contributed by atoms with Crippen LogP contribution in [0.4, 0.5) is 0 Å². The van der Waals surface area contributed by atoms with Gasteiger partial charge in [-0.1, -0.05) is 0 Å². The molecule has 0 saturated carbocycles. The van der Waals surface area contributed by atoms with E-state index in [1.807, 2.05) is 0 Å². The maximum absolute atomic E-state index is 11.8. The summed E-state index contributed by atoms with van der Waals surface area (Å²) in [6, 6.07) is 0. The van der Waals surface area contributed by atoms with Gasteiger partial charge >= 0.3 is 5.97 Å². The molecule has 18 nitrogen and oxygen atoms in total. The van der Waals surface area contributed by atoms with Crippen LogP contribution in [0.15, 0.2) is 12.2 Å². The highest BCUT2D eigenvalue weighted by Crippen LogP contribution is 2.12. The van der Waals surface area contributed by atoms with E-state index in [4.69, 9.17) is 37.9 Å². The average molecular weight is 676 g/mol. The Morgan fingerprint density at radius 2 is 0.957 bits per heavy atom. The SMILES string of the molecule is O=C(CCN1C(=O)C=CC1=O)NCCOCCOCCOCCOCCOCCOCCOCCOCC(=O)ON1C(=O)CCC1=O. The lowest BCUT2D eigenvalue weighted by Gasteiger charge is -2.13. The van der Waals surface area contributed by atoms with Gasteiger partial charge in [0.05, 0.1) is 99.1 Å². The average Bonchev–Trinajstić information content (AvgIpc) is 3.55. The molecule has 0 aliphatic carbocycles. The second-order valence-corrected chi connectivity index (χ2v) is 9.65. The molecule has 0 spiro atoms. The number of amides is 5. The number of rotatable bonds is 30. The number of carbonyl (C=O) groups is 6. The van der Waals surface area contributed by atoms with Crippen LogP contribution >= 0.6 is 0 Å². The standard InChI is InChI=1S/C29H45N3O15/c33-24(5-7-31-25(34)1-2-26(31)35)30-6-8-39-9-10-40-11-12-41-13-14-42-15-16-43-17-18-44-19-20-45-21-22-46-23-29(38)47-32-27(36)3-4-28(32)37/h1-2H,3-23H2,(H,30,33). The monoisotopic (exact) mass is 675 g/mol. The van der Waals surface area contributed by atoms with Crippen molar-refractivity contribution in [3.63, 3.8) is 0 Å². The van der Waals surface area contributed by atoms with Crippen molar-refractivity contribution in [2.24, 2.45) is 0 Å². The normalized spacial score (nSPS) is 14.6. The van der Waals surface area contributed by atoms with Crippen molar-refractivity contribution >= 4 is 35.5 Å². The molecule has 1 fully saturated rings. The highest BCUT2D eigenvalue weighted by atomic mass is 16.7. The van der Waals surface area contributed by atoms with E-state index in [1.54, 1.807) is 0 Å². The van der Waals surface area contributed by atoms with E-state index in [2.05, 4.69) is 10.2 Å². The summed E-state index contributed by atoms with van der Waals surface area (Å²) in [6.07, 6.45) is 2.47. The minimum atomic E-state index is -0.831. The number of hydrogen-bond acceptors (Lipinski definition) is 15. The molecular weight excluding hydrogens is 630 g/mol. The topological polar surface area (TPSA) is 204 Å². The molecule has 266 valence electrons. The number of ether oxygens (including phenoxy) is 8. The number of hydrogen-bond donors (Lipinski definition) is 1.